The Morgan fingerprint density at radius 2 is 1.85 bits per heavy atom. The molecule has 1 amide bonds. The minimum absolute atomic E-state index is 0.140. The van der Waals surface area contributed by atoms with Gasteiger partial charge in [-0.1, -0.05) is 18.2 Å². The minimum atomic E-state index is -0.278. The molecule has 0 aliphatic carbocycles. The monoisotopic (exact) mass is 543 g/mol. The van der Waals surface area contributed by atoms with Gasteiger partial charge in [-0.15, -0.1) is 0 Å². The predicted molar refractivity (Wildman–Crippen MR) is 154 cm³/mol. The largest absolute Gasteiger partial charge is 0.495 e. The van der Waals surface area contributed by atoms with Crippen LogP contribution < -0.4 is 15.4 Å². The molecule has 1 fully saturated rings. The number of hydrogen-bond acceptors (Lipinski definition) is 4. The Kier molecular flexibility index (Phi) is 7.60. The fourth-order valence-corrected chi connectivity index (χ4v) is 5.57. The number of carbonyl (C=O) groups is 1. The predicted octanol–water partition coefficient (Wildman–Crippen LogP) is 5.64. The van der Waals surface area contributed by atoms with Gasteiger partial charge < -0.3 is 24.8 Å². The zero-order valence-electron chi connectivity index (χ0n) is 22.0. The molecule has 5 rings (SSSR count). The topological polar surface area (TPSA) is 71.4 Å². The summed E-state index contributed by atoms with van der Waals surface area (Å²) in [5.74, 6) is 0.184. The molecule has 2 N–H and O–H groups in total. The average Bonchev–Trinajstić information content (AvgIpc) is 3.43. The molecule has 4 aromatic rings. The quantitative estimate of drug-likeness (QED) is 0.281. The maximum atomic E-state index is 13.6. The minimum Gasteiger partial charge on any atom is -0.495 e. The number of pyridine rings is 1. The highest BCUT2D eigenvalue weighted by molar-refractivity contribution is 7.80. The van der Waals surface area contributed by atoms with Crippen LogP contribution in [0.2, 0.25) is 0 Å². The van der Waals surface area contributed by atoms with Crippen LogP contribution in [0.5, 0.6) is 5.75 Å². The molecule has 2 aromatic heterocycles. The number of amides is 1. The second kappa shape index (κ2) is 11.2. The van der Waals surface area contributed by atoms with Crippen molar-refractivity contribution in [2.75, 3.05) is 19.0 Å². The van der Waals surface area contributed by atoms with Crippen LogP contribution in [0.15, 0.2) is 79.0 Å². The maximum Gasteiger partial charge on any atom is 0.226 e. The van der Waals surface area contributed by atoms with Gasteiger partial charge >= 0.3 is 0 Å². The van der Waals surface area contributed by atoms with Crippen molar-refractivity contribution in [2.45, 2.75) is 32.4 Å². The van der Waals surface area contributed by atoms with E-state index in [0.717, 1.165) is 28.3 Å². The molecule has 0 saturated carbocycles. The highest BCUT2D eigenvalue weighted by Gasteiger charge is 2.41. The lowest BCUT2D eigenvalue weighted by Crippen LogP contribution is -2.33. The summed E-state index contributed by atoms with van der Waals surface area (Å²) >= 11 is 5.79. The number of benzene rings is 2. The molecule has 200 valence electrons. The van der Waals surface area contributed by atoms with E-state index >= 15 is 0 Å². The van der Waals surface area contributed by atoms with Crippen LogP contribution in [-0.4, -0.2) is 39.1 Å². The molecule has 7 nitrogen and oxygen atoms in total. The molecular formula is C30H30FN5O2S. The van der Waals surface area contributed by atoms with Gasteiger partial charge in [-0.25, -0.2) is 4.39 Å². The van der Waals surface area contributed by atoms with Gasteiger partial charge in [0, 0.05) is 36.2 Å². The summed E-state index contributed by atoms with van der Waals surface area (Å²) in [7, 11) is 1.57. The molecule has 9 heteroatoms. The van der Waals surface area contributed by atoms with Crippen molar-refractivity contribution in [3.05, 3.63) is 107 Å². The Hall–Kier alpha value is -4.24. The lowest BCUT2D eigenvalue weighted by atomic mass is 9.96. The fraction of sp³-hybridized carbons (Fsp3) is 0.233. The fourth-order valence-electron chi connectivity index (χ4n) is 5.24. The molecule has 0 radical (unpaired) electrons. The van der Waals surface area contributed by atoms with Crippen LogP contribution in [-0.2, 0) is 4.79 Å². The van der Waals surface area contributed by atoms with E-state index in [1.165, 1.54) is 12.1 Å². The number of aromatic nitrogens is 2. The summed E-state index contributed by atoms with van der Waals surface area (Å²) in [5, 5.41) is 6.96. The Balaban J connectivity index is 1.46. The normalized spacial score (nSPS) is 16.7. The van der Waals surface area contributed by atoms with Crippen molar-refractivity contribution in [3.8, 4) is 11.4 Å². The van der Waals surface area contributed by atoms with E-state index in [1.807, 2.05) is 43.3 Å². The summed E-state index contributed by atoms with van der Waals surface area (Å²) in [6.07, 6.45) is 1.99. The molecule has 2 aromatic carbocycles. The molecule has 2 atom stereocenters. The van der Waals surface area contributed by atoms with Crippen molar-refractivity contribution >= 4 is 28.9 Å². The second-order valence-electron chi connectivity index (χ2n) is 9.46. The Morgan fingerprint density at radius 3 is 2.56 bits per heavy atom. The molecule has 1 aliphatic rings. The maximum absolute atomic E-state index is 13.6. The summed E-state index contributed by atoms with van der Waals surface area (Å²) in [5.41, 5.74) is 5.45. The van der Waals surface area contributed by atoms with E-state index in [0.29, 0.717) is 23.1 Å². The van der Waals surface area contributed by atoms with Crippen LogP contribution >= 0.6 is 12.2 Å². The Morgan fingerprint density at radius 1 is 1.10 bits per heavy atom. The lowest BCUT2D eigenvalue weighted by molar-refractivity contribution is -0.116. The summed E-state index contributed by atoms with van der Waals surface area (Å²) in [4.78, 5) is 19.6. The molecule has 0 spiro atoms. The van der Waals surface area contributed by atoms with E-state index < -0.39 is 0 Å². The molecule has 0 unspecified atom stereocenters. The van der Waals surface area contributed by atoms with Gasteiger partial charge in [0.15, 0.2) is 5.11 Å². The van der Waals surface area contributed by atoms with E-state index in [-0.39, 0.29) is 30.2 Å². The highest BCUT2D eigenvalue weighted by atomic mass is 32.1. The second-order valence-corrected chi connectivity index (χ2v) is 9.84. The first-order valence-corrected chi connectivity index (χ1v) is 13.1. The van der Waals surface area contributed by atoms with Gasteiger partial charge in [-0.2, -0.15) is 0 Å². The molecule has 3 heterocycles. The summed E-state index contributed by atoms with van der Waals surface area (Å²) in [6.45, 7) is 4.48. The number of nitrogens with zero attached hydrogens (tertiary/aromatic N) is 3. The number of nitrogens with one attached hydrogen (secondary N) is 2. The SMILES string of the molecule is COc1ccccc1NC(=O)CCN1C(=S)N[C@H](c2ccccn2)[C@@H]1c1cc(C)n(-c2ccc(F)cc2)c1C. The van der Waals surface area contributed by atoms with E-state index in [4.69, 9.17) is 17.0 Å². The summed E-state index contributed by atoms with van der Waals surface area (Å²) in [6, 6.07) is 21.3. The lowest BCUT2D eigenvalue weighted by Gasteiger charge is -2.28. The Bertz CT molecular complexity index is 1490. The number of thiocarbonyl (C=S) groups is 1. The van der Waals surface area contributed by atoms with E-state index in [2.05, 4.69) is 38.1 Å². The Labute approximate surface area is 232 Å². The number of aryl methyl sites for hydroxylation is 1. The van der Waals surface area contributed by atoms with Gasteiger partial charge in [0.1, 0.15) is 11.6 Å². The van der Waals surface area contributed by atoms with Gasteiger partial charge in [0.05, 0.1) is 30.6 Å². The molecule has 1 aliphatic heterocycles. The third-order valence-electron chi connectivity index (χ3n) is 7.03. The first kappa shape index (κ1) is 26.4. The van der Waals surface area contributed by atoms with E-state index in [9.17, 15) is 9.18 Å². The number of methoxy groups -OCH3 is 1. The standard InChI is InChI=1S/C30H30FN5O2S/c1-19-18-23(20(2)36(19)22-13-11-21(31)12-14-22)29-28(25-9-6-7-16-32-25)34-30(39)35(29)17-15-27(37)33-24-8-4-5-10-26(24)38-3/h4-14,16,18,28-29H,15,17H2,1-3H3,(H,33,37)(H,34,39)/t28-,29+/m1/s1. The van der Waals surface area contributed by atoms with Crippen LogP contribution in [0.25, 0.3) is 5.69 Å². The van der Waals surface area contributed by atoms with Crippen molar-refractivity contribution in [2.24, 2.45) is 0 Å². The van der Waals surface area contributed by atoms with Gasteiger partial charge in [0.25, 0.3) is 0 Å². The number of anilines is 1. The smallest absolute Gasteiger partial charge is 0.226 e. The van der Waals surface area contributed by atoms with E-state index in [1.54, 1.807) is 31.5 Å². The number of carbonyl (C=O) groups excluding carboxylic acids is 1. The summed E-state index contributed by atoms with van der Waals surface area (Å²) < 4.78 is 21.1. The zero-order valence-corrected chi connectivity index (χ0v) is 22.8. The first-order chi connectivity index (χ1) is 18.9. The molecule has 0 bridgehead atoms. The van der Waals surface area contributed by atoms with Crippen LogP contribution in [0, 0.1) is 19.7 Å². The highest BCUT2D eigenvalue weighted by Crippen LogP contribution is 2.41. The first-order valence-electron chi connectivity index (χ1n) is 12.7. The number of para-hydroxylation sites is 2. The van der Waals surface area contributed by atoms with Crippen LogP contribution in [0.4, 0.5) is 10.1 Å². The van der Waals surface area contributed by atoms with Crippen molar-refractivity contribution < 1.29 is 13.9 Å². The van der Waals surface area contributed by atoms with Gasteiger partial charge in [-0.05, 0) is 86.2 Å². The van der Waals surface area contributed by atoms with Gasteiger partial charge in [0.2, 0.25) is 5.91 Å². The average molecular weight is 544 g/mol. The number of halogens is 1. The van der Waals surface area contributed by atoms with Crippen molar-refractivity contribution in [1.82, 2.24) is 19.8 Å². The van der Waals surface area contributed by atoms with Crippen LogP contribution in [0.1, 0.15) is 41.1 Å². The zero-order chi connectivity index (χ0) is 27.5. The van der Waals surface area contributed by atoms with Crippen molar-refractivity contribution in [1.29, 1.82) is 0 Å². The third-order valence-corrected chi connectivity index (χ3v) is 7.38. The van der Waals surface area contributed by atoms with Gasteiger partial charge in [-0.3, -0.25) is 9.78 Å². The molecule has 1 saturated heterocycles. The number of hydrogen-bond donors (Lipinski definition) is 2. The van der Waals surface area contributed by atoms with Crippen LogP contribution in [0.3, 0.4) is 0 Å². The molecule has 39 heavy (non-hydrogen) atoms. The number of rotatable bonds is 8. The van der Waals surface area contributed by atoms with Crippen molar-refractivity contribution in [3.63, 3.8) is 0 Å². The third kappa shape index (κ3) is 5.35. The molecular weight excluding hydrogens is 513 g/mol. The number of ether oxygens (including phenoxy) is 1.